The summed E-state index contributed by atoms with van der Waals surface area (Å²) in [5, 5.41) is 4.97. The molecule has 0 aliphatic heterocycles. The van der Waals surface area contributed by atoms with Gasteiger partial charge in [0.05, 0.1) is 11.6 Å². The van der Waals surface area contributed by atoms with E-state index in [2.05, 4.69) is 10.1 Å². The molecule has 2 aromatic heterocycles. The number of allylic oxidation sites excluding steroid dienone is 1. The first kappa shape index (κ1) is 19.1. The van der Waals surface area contributed by atoms with Crippen molar-refractivity contribution in [2.45, 2.75) is 0 Å². The molecule has 0 saturated carbocycles. The minimum atomic E-state index is -0.187. The van der Waals surface area contributed by atoms with Gasteiger partial charge in [0, 0.05) is 10.6 Å². The monoisotopic (exact) mass is 421 g/mol. The topological polar surface area (TPSA) is 56.5 Å². The van der Waals surface area contributed by atoms with Crippen molar-refractivity contribution in [2.75, 3.05) is 7.11 Å². The minimum absolute atomic E-state index is 0.187. The Kier molecular flexibility index (Phi) is 5.55. The number of ether oxygens (including phenoxy) is 1. The fourth-order valence-electron chi connectivity index (χ4n) is 2.72. The molecule has 0 spiro atoms. The van der Waals surface area contributed by atoms with Gasteiger partial charge in [-0.05, 0) is 35.9 Å². The Hall–Kier alpha value is -3.22. The van der Waals surface area contributed by atoms with E-state index in [0.717, 1.165) is 16.9 Å². The van der Waals surface area contributed by atoms with Crippen molar-refractivity contribution in [3.63, 3.8) is 0 Å². The smallest absolute Gasteiger partial charge is 0.291 e. The number of fused-ring (bicyclic) bond motifs is 1. The van der Waals surface area contributed by atoms with Crippen molar-refractivity contribution >= 4 is 52.2 Å². The van der Waals surface area contributed by atoms with Gasteiger partial charge in [-0.3, -0.25) is 4.79 Å². The predicted molar refractivity (Wildman–Crippen MR) is 119 cm³/mol. The number of benzene rings is 2. The number of hydrogen-bond donors (Lipinski definition) is 0. The van der Waals surface area contributed by atoms with Gasteiger partial charge < -0.3 is 4.74 Å². The number of rotatable bonds is 5. The van der Waals surface area contributed by atoms with E-state index in [4.69, 9.17) is 16.3 Å². The molecule has 7 heteroatoms. The first-order valence-corrected chi connectivity index (χ1v) is 9.98. The molecule has 2 aromatic carbocycles. The maximum absolute atomic E-state index is 12.6. The second-order valence-corrected chi connectivity index (χ2v) is 7.53. The fourth-order valence-corrected chi connectivity index (χ4v) is 3.71. The number of aromatic nitrogens is 3. The van der Waals surface area contributed by atoms with Crippen LogP contribution in [0.2, 0.25) is 5.02 Å². The minimum Gasteiger partial charge on any atom is -0.496 e. The summed E-state index contributed by atoms with van der Waals surface area (Å²) in [4.78, 5) is 17.5. The Bertz CT molecular complexity index is 1320. The lowest BCUT2D eigenvalue weighted by Gasteiger charge is -2.02. The van der Waals surface area contributed by atoms with E-state index in [0.29, 0.717) is 20.3 Å². The molecule has 0 aliphatic carbocycles. The summed E-state index contributed by atoms with van der Waals surface area (Å²) in [7, 11) is 1.63. The molecule has 144 valence electrons. The molecule has 0 amide bonds. The van der Waals surface area contributed by atoms with Crippen LogP contribution in [0.25, 0.3) is 29.3 Å². The molecule has 0 aliphatic rings. The maximum atomic E-state index is 12.6. The zero-order valence-corrected chi connectivity index (χ0v) is 17.0. The van der Waals surface area contributed by atoms with Gasteiger partial charge in [0.2, 0.25) is 4.96 Å². The van der Waals surface area contributed by atoms with E-state index >= 15 is 0 Å². The second-order valence-electron chi connectivity index (χ2n) is 6.09. The predicted octanol–water partition coefficient (Wildman–Crippen LogP) is 4.20. The van der Waals surface area contributed by atoms with Crippen molar-refractivity contribution in [3.8, 4) is 5.75 Å². The Balaban J connectivity index is 1.58. The van der Waals surface area contributed by atoms with Crippen LogP contribution < -0.4 is 14.8 Å². The number of methoxy groups -OCH3 is 1. The Morgan fingerprint density at radius 2 is 1.86 bits per heavy atom. The van der Waals surface area contributed by atoms with Crippen LogP contribution in [0.3, 0.4) is 0 Å². The van der Waals surface area contributed by atoms with E-state index in [1.807, 2.05) is 66.8 Å². The average Bonchev–Trinajstić information content (AvgIpc) is 3.27. The molecule has 4 aromatic rings. The van der Waals surface area contributed by atoms with Crippen LogP contribution in [0.15, 0.2) is 59.4 Å². The van der Waals surface area contributed by atoms with Gasteiger partial charge in [0.1, 0.15) is 5.75 Å². The summed E-state index contributed by atoms with van der Waals surface area (Å²) < 4.78 is 7.22. The third-order valence-corrected chi connectivity index (χ3v) is 5.38. The summed E-state index contributed by atoms with van der Waals surface area (Å²) in [5.74, 6) is 1.26. The number of para-hydroxylation sites is 1. The highest BCUT2D eigenvalue weighted by atomic mass is 35.5. The Morgan fingerprint density at radius 1 is 1.07 bits per heavy atom. The van der Waals surface area contributed by atoms with Crippen molar-refractivity contribution in [2.24, 2.45) is 0 Å². The largest absolute Gasteiger partial charge is 0.496 e. The molecule has 29 heavy (non-hydrogen) atoms. The molecule has 5 nitrogen and oxygen atoms in total. The van der Waals surface area contributed by atoms with Crippen molar-refractivity contribution < 1.29 is 4.74 Å². The number of nitrogens with zero attached hydrogens (tertiary/aromatic N) is 3. The molecule has 0 atom stereocenters. The van der Waals surface area contributed by atoms with Crippen LogP contribution in [0.5, 0.6) is 5.75 Å². The van der Waals surface area contributed by atoms with Gasteiger partial charge in [-0.1, -0.05) is 71.5 Å². The second kappa shape index (κ2) is 8.43. The van der Waals surface area contributed by atoms with Gasteiger partial charge in [-0.25, -0.2) is 0 Å². The molecule has 4 rings (SSSR count). The van der Waals surface area contributed by atoms with Crippen LogP contribution in [0.1, 0.15) is 17.0 Å². The first-order chi connectivity index (χ1) is 14.1. The van der Waals surface area contributed by atoms with Crippen molar-refractivity contribution in [1.29, 1.82) is 0 Å². The lowest BCUT2D eigenvalue weighted by atomic mass is 10.2. The normalized spacial score (nSPS) is 12.6. The van der Waals surface area contributed by atoms with Gasteiger partial charge in [0.25, 0.3) is 5.56 Å². The van der Waals surface area contributed by atoms with Crippen LogP contribution in [-0.4, -0.2) is 21.7 Å². The van der Waals surface area contributed by atoms with Gasteiger partial charge in [-0.2, -0.15) is 9.50 Å². The van der Waals surface area contributed by atoms with Crippen LogP contribution in [0.4, 0.5) is 0 Å². The number of hydrogen-bond acceptors (Lipinski definition) is 5. The van der Waals surface area contributed by atoms with Crippen molar-refractivity contribution in [3.05, 3.63) is 91.5 Å². The van der Waals surface area contributed by atoms with E-state index in [1.165, 1.54) is 15.9 Å². The molecule has 0 bridgehead atoms. The number of thiazole rings is 1. The van der Waals surface area contributed by atoms with E-state index in [9.17, 15) is 4.79 Å². The maximum Gasteiger partial charge on any atom is 0.291 e. The third-order valence-electron chi connectivity index (χ3n) is 4.16. The molecule has 0 fully saturated rings. The highest BCUT2D eigenvalue weighted by Gasteiger charge is 2.08. The standard InChI is InChI=1S/C22H16ClN3O2S/c1-28-18-7-3-2-5-16(18)6-4-8-19-21(27)26-22(29-19)24-20(25-26)14-11-15-9-12-17(23)13-10-15/h2-14H,1H3/b6-4+,14-11+,19-8-. The molecule has 0 N–H and O–H groups in total. The Labute approximate surface area is 175 Å². The van der Waals surface area contributed by atoms with Crippen LogP contribution >= 0.6 is 22.9 Å². The summed E-state index contributed by atoms with van der Waals surface area (Å²) in [6, 6.07) is 15.1. The number of halogens is 1. The third kappa shape index (κ3) is 4.29. The van der Waals surface area contributed by atoms with E-state index in [-0.39, 0.29) is 5.56 Å². The summed E-state index contributed by atoms with van der Waals surface area (Å²) >= 11 is 7.19. The summed E-state index contributed by atoms with van der Waals surface area (Å²) in [6.45, 7) is 0. The highest BCUT2D eigenvalue weighted by molar-refractivity contribution is 7.15. The highest BCUT2D eigenvalue weighted by Crippen LogP contribution is 2.18. The molecule has 0 saturated heterocycles. The summed E-state index contributed by atoms with van der Waals surface area (Å²) in [5.41, 5.74) is 1.73. The molecule has 0 radical (unpaired) electrons. The lowest BCUT2D eigenvalue weighted by Crippen LogP contribution is -2.23. The molecular formula is C22H16ClN3O2S. The van der Waals surface area contributed by atoms with Gasteiger partial charge in [-0.15, -0.1) is 5.10 Å². The summed E-state index contributed by atoms with van der Waals surface area (Å²) in [6.07, 6.45) is 9.13. The Morgan fingerprint density at radius 3 is 2.62 bits per heavy atom. The van der Waals surface area contributed by atoms with E-state index < -0.39 is 0 Å². The molecule has 0 unspecified atom stereocenters. The quantitative estimate of drug-likeness (QED) is 0.484. The molecule has 2 heterocycles. The SMILES string of the molecule is COc1ccccc1/C=C/C=c1\sc2nc(/C=C/c3ccc(Cl)cc3)nn2c1=O. The van der Waals surface area contributed by atoms with Crippen LogP contribution in [0, 0.1) is 0 Å². The van der Waals surface area contributed by atoms with E-state index in [1.54, 1.807) is 19.3 Å². The zero-order chi connectivity index (χ0) is 20.2. The van der Waals surface area contributed by atoms with Gasteiger partial charge in [0.15, 0.2) is 5.82 Å². The lowest BCUT2D eigenvalue weighted by molar-refractivity contribution is 0.414. The van der Waals surface area contributed by atoms with Crippen LogP contribution in [-0.2, 0) is 0 Å². The van der Waals surface area contributed by atoms with Crippen molar-refractivity contribution in [1.82, 2.24) is 14.6 Å². The zero-order valence-electron chi connectivity index (χ0n) is 15.4. The first-order valence-electron chi connectivity index (χ1n) is 8.79. The average molecular weight is 422 g/mol. The van der Waals surface area contributed by atoms with Gasteiger partial charge >= 0.3 is 0 Å². The fraction of sp³-hybridized carbons (Fsp3) is 0.0455. The molecular weight excluding hydrogens is 406 g/mol.